The molecule has 0 spiro atoms. The molecule has 1 atom stereocenters. The lowest BCUT2D eigenvalue weighted by atomic mass is 10.1. The number of carbonyl (C=O) groups is 1. The summed E-state index contributed by atoms with van der Waals surface area (Å²) in [6.07, 6.45) is 4.92. The van der Waals surface area contributed by atoms with Crippen LogP contribution < -0.4 is 10.6 Å². The van der Waals surface area contributed by atoms with Crippen molar-refractivity contribution in [3.05, 3.63) is 23.7 Å². The molecule has 4 nitrogen and oxygen atoms in total. The predicted octanol–water partition coefficient (Wildman–Crippen LogP) is 2.12. The molecule has 1 saturated heterocycles. The van der Waals surface area contributed by atoms with E-state index in [2.05, 4.69) is 10.6 Å². The third-order valence-corrected chi connectivity index (χ3v) is 3.10. The van der Waals surface area contributed by atoms with Crippen LogP contribution >= 0.6 is 0 Å². The zero-order valence-corrected chi connectivity index (χ0v) is 10.3. The van der Waals surface area contributed by atoms with Crippen LogP contribution in [0.2, 0.25) is 0 Å². The summed E-state index contributed by atoms with van der Waals surface area (Å²) in [7, 11) is 0. The van der Waals surface area contributed by atoms with E-state index < -0.39 is 0 Å². The molecule has 1 fully saturated rings. The smallest absolute Gasteiger partial charge is 0.217 e. The first-order chi connectivity index (χ1) is 8.25. The fourth-order valence-corrected chi connectivity index (χ4v) is 2.16. The zero-order chi connectivity index (χ0) is 12.1. The molecule has 0 aliphatic carbocycles. The van der Waals surface area contributed by atoms with Crippen LogP contribution in [-0.2, 0) is 11.3 Å². The summed E-state index contributed by atoms with van der Waals surface area (Å²) in [5.41, 5.74) is 0. The predicted molar refractivity (Wildman–Crippen MR) is 65.4 cm³/mol. The standard InChI is InChI=1S/C13H20N2O2/c1-10(16)15-9-11-6-7-13(17-11)12-5-3-2-4-8-14-12/h6-7,12,14H,2-5,8-9H2,1H3,(H,15,16). The molecular weight excluding hydrogens is 216 g/mol. The van der Waals surface area contributed by atoms with Crippen LogP contribution in [0.3, 0.4) is 0 Å². The average molecular weight is 236 g/mol. The summed E-state index contributed by atoms with van der Waals surface area (Å²) in [6, 6.07) is 4.29. The van der Waals surface area contributed by atoms with Crippen LogP contribution in [0, 0.1) is 0 Å². The summed E-state index contributed by atoms with van der Waals surface area (Å²) >= 11 is 0. The molecule has 1 aromatic heterocycles. The van der Waals surface area contributed by atoms with Gasteiger partial charge in [0.25, 0.3) is 0 Å². The van der Waals surface area contributed by atoms with Crippen LogP contribution in [0.1, 0.15) is 50.2 Å². The Morgan fingerprint density at radius 1 is 1.47 bits per heavy atom. The Hall–Kier alpha value is -1.29. The molecule has 1 amide bonds. The molecule has 0 radical (unpaired) electrons. The average Bonchev–Trinajstić information content (AvgIpc) is 2.60. The van der Waals surface area contributed by atoms with Gasteiger partial charge < -0.3 is 15.1 Å². The normalized spacial score (nSPS) is 20.9. The van der Waals surface area contributed by atoms with E-state index in [1.807, 2.05) is 12.1 Å². The summed E-state index contributed by atoms with van der Waals surface area (Å²) in [5.74, 6) is 1.78. The highest BCUT2D eigenvalue weighted by Gasteiger charge is 2.16. The van der Waals surface area contributed by atoms with Gasteiger partial charge in [-0.3, -0.25) is 4.79 Å². The Labute approximate surface area is 102 Å². The number of amides is 1. The second-order valence-electron chi connectivity index (χ2n) is 4.57. The maximum absolute atomic E-state index is 10.8. The van der Waals surface area contributed by atoms with Gasteiger partial charge in [0, 0.05) is 6.92 Å². The topological polar surface area (TPSA) is 54.3 Å². The van der Waals surface area contributed by atoms with E-state index in [0.29, 0.717) is 12.6 Å². The van der Waals surface area contributed by atoms with Crippen molar-refractivity contribution in [3.8, 4) is 0 Å². The minimum absolute atomic E-state index is 0.0319. The molecule has 2 heterocycles. The highest BCUT2D eigenvalue weighted by atomic mass is 16.3. The lowest BCUT2D eigenvalue weighted by molar-refractivity contribution is -0.119. The van der Waals surface area contributed by atoms with Crippen LogP contribution in [0.25, 0.3) is 0 Å². The summed E-state index contributed by atoms with van der Waals surface area (Å²) < 4.78 is 5.75. The molecule has 1 unspecified atom stereocenters. The Bertz CT molecular complexity index is 365. The maximum Gasteiger partial charge on any atom is 0.217 e. The van der Waals surface area contributed by atoms with Gasteiger partial charge in [0.1, 0.15) is 11.5 Å². The minimum atomic E-state index is -0.0319. The number of hydrogen-bond acceptors (Lipinski definition) is 3. The van der Waals surface area contributed by atoms with Gasteiger partial charge in [-0.1, -0.05) is 12.8 Å². The van der Waals surface area contributed by atoms with Gasteiger partial charge in [0.05, 0.1) is 12.6 Å². The molecule has 94 valence electrons. The third kappa shape index (κ3) is 3.60. The van der Waals surface area contributed by atoms with Crippen molar-refractivity contribution in [1.29, 1.82) is 0 Å². The number of carbonyl (C=O) groups excluding carboxylic acids is 1. The molecule has 2 N–H and O–H groups in total. The van der Waals surface area contributed by atoms with E-state index in [1.165, 1.54) is 26.2 Å². The van der Waals surface area contributed by atoms with E-state index in [1.54, 1.807) is 0 Å². The fraction of sp³-hybridized carbons (Fsp3) is 0.615. The molecule has 0 bridgehead atoms. The molecule has 4 heteroatoms. The largest absolute Gasteiger partial charge is 0.463 e. The Morgan fingerprint density at radius 2 is 2.35 bits per heavy atom. The highest BCUT2D eigenvalue weighted by molar-refractivity contribution is 5.72. The Balaban J connectivity index is 1.94. The number of nitrogens with one attached hydrogen (secondary N) is 2. The molecule has 0 saturated carbocycles. The SMILES string of the molecule is CC(=O)NCc1ccc(C2CCCCCN2)o1. The van der Waals surface area contributed by atoms with Gasteiger partial charge >= 0.3 is 0 Å². The Morgan fingerprint density at radius 3 is 3.18 bits per heavy atom. The first-order valence-electron chi connectivity index (χ1n) is 6.32. The molecule has 1 aliphatic heterocycles. The van der Waals surface area contributed by atoms with Crippen molar-refractivity contribution < 1.29 is 9.21 Å². The quantitative estimate of drug-likeness (QED) is 0.845. The van der Waals surface area contributed by atoms with E-state index in [-0.39, 0.29) is 5.91 Å². The molecule has 1 aliphatic rings. The van der Waals surface area contributed by atoms with Crippen LogP contribution in [0.4, 0.5) is 0 Å². The van der Waals surface area contributed by atoms with Gasteiger partial charge in [-0.05, 0) is 31.5 Å². The monoisotopic (exact) mass is 236 g/mol. The van der Waals surface area contributed by atoms with Gasteiger partial charge in [-0.25, -0.2) is 0 Å². The minimum Gasteiger partial charge on any atom is -0.463 e. The second-order valence-corrected chi connectivity index (χ2v) is 4.57. The van der Waals surface area contributed by atoms with Crippen molar-refractivity contribution in [2.45, 2.75) is 45.2 Å². The lowest BCUT2D eigenvalue weighted by Gasteiger charge is -2.12. The van der Waals surface area contributed by atoms with E-state index in [9.17, 15) is 4.79 Å². The number of hydrogen-bond donors (Lipinski definition) is 2. The maximum atomic E-state index is 10.8. The van der Waals surface area contributed by atoms with Crippen LogP contribution in [0.5, 0.6) is 0 Å². The highest BCUT2D eigenvalue weighted by Crippen LogP contribution is 2.24. The van der Waals surface area contributed by atoms with E-state index in [4.69, 9.17) is 4.42 Å². The first kappa shape index (κ1) is 12.2. The molecule has 2 rings (SSSR count). The first-order valence-corrected chi connectivity index (χ1v) is 6.32. The summed E-state index contributed by atoms with van der Waals surface area (Å²) in [4.78, 5) is 10.8. The van der Waals surface area contributed by atoms with Crippen LogP contribution in [-0.4, -0.2) is 12.5 Å². The van der Waals surface area contributed by atoms with Crippen molar-refractivity contribution in [2.24, 2.45) is 0 Å². The molecule has 0 aromatic carbocycles. The third-order valence-electron chi connectivity index (χ3n) is 3.10. The van der Waals surface area contributed by atoms with Gasteiger partial charge in [0.15, 0.2) is 0 Å². The molecule has 1 aromatic rings. The fourth-order valence-electron chi connectivity index (χ4n) is 2.16. The van der Waals surface area contributed by atoms with Gasteiger partial charge in [-0.2, -0.15) is 0 Å². The van der Waals surface area contributed by atoms with E-state index in [0.717, 1.165) is 24.5 Å². The summed E-state index contributed by atoms with van der Waals surface area (Å²) in [5, 5.41) is 6.23. The zero-order valence-electron chi connectivity index (χ0n) is 10.3. The van der Waals surface area contributed by atoms with E-state index >= 15 is 0 Å². The molecular formula is C13H20N2O2. The summed E-state index contributed by atoms with van der Waals surface area (Å²) in [6.45, 7) is 3.05. The van der Waals surface area contributed by atoms with Gasteiger partial charge in [-0.15, -0.1) is 0 Å². The second kappa shape index (κ2) is 5.87. The number of furan rings is 1. The van der Waals surface area contributed by atoms with Crippen molar-refractivity contribution >= 4 is 5.91 Å². The molecule has 17 heavy (non-hydrogen) atoms. The Kier molecular flexibility index (Phi) is 4.20. The lowest BCUT2D eigenvalue weighted by Crippen LogP contribution is -2.20. The van der Waals surface area contributed by atoms with Crippen molar-refractivity contribution in [2.75, 3.05) is 6.54 Å². The van der Waals surface area contributed by atoms with Crippen LogP contribution in [0.15, 0.2) is 16.5 Å². The van der Waals surface area contributed by atoms with Crippen molar-refractivity contribution in [1.82, 2.24) is 10.6 Å². The van der Waals surface area contributed by atoms with Crippen molar-refractivity contribution in [3.63, 3.8) is 0 Å². The van der Waals surface area contributed by atoms with Gasteiger partial charge in [0.2, 0.25) is 5.91 Å². The number of rotatable bonds is 3.